The number of aromatic hydroxyl groups is 1. The van der Waals surface area contributed by atoms with Gasteiger partial charge in [0.05, 0.1) is 27.1 Å². The van der Waals surface area contributed by atoms with Crippen LogP contribution in [0.5, 0.6) is 11.5 Å². The van der Waals surface area contributed by atoms with Gasteiger partial charge >= 0.3 is 0 Å². The van der Waals surface area contributed by atoms with Crippen LogP contribution in [-0.2, 0) is 0 Å². The van der Waals surface area contributed by atoms with Crippen LogP contribution < -0.4 is 10.2 Å². The summed E-state index contributed by atoms with van der Waals surface area (Å²) in [5.74, 6) is 0.791. The lowest BCUT2D eigenvalue weighted by molar-refractivity contribution is 0.339. The third-order valence-electron chi connectivity index (χ3n) is 3.32. The number of para-hydroxylation sites is 1. The molecule has 0 fully saturated rings. The Hall–Kier alpha value is -1.98. The van der Waals surface area contributed by atoms with Gasteiger partial charge in [0.2, 0.25) is 0 Å². The third-order valence-corrected chi connectivity index (χ3v) is 4.25. The van der Waals surface area contributed by atoms with E-state index in [1.165, 1.54) is 12.1 Å². The molecular weight excluding hydrogens is 384 g/mol. The Bertz CT molecular complexity index is 949. The fraction of sp³-hybridized carbons (Fsp3) is 0.118. The van der Waals surface area contributed by atoms with E-state index in [2.05, 4.69) is 15.9 Å². The predicted octanol–water partition coefficient (Wildman–Crippen LogP) is 4.98. The molecule has 3 rings (SSSR count). The highest BCUT2D eigenvalue weighted by Gasteiger charge is 2.16. The van der Waals surface area contributed by atoms with Crippen molar-refractivity contribution in [1.82, 2.24) is 0 Å². The molecule has 0 radical (unpaired) electrons. The zero-order valence-electron chi connectivity index (χ0n) is 12.1. The largest absolute Gasteiger partial charge is 0.507 e. The number of hydrogen-bond acceptors (Lipinski definition) is 4. The molecule has 0 unspecified atom stereocenters. The lowest BCUT2D eigenvalue weighted by Gasteiger charge is -2.12. The van der Waals surface area contributed by atoms with Crippen LogP contribution in [0.3, 0.4) is 0 Å². The van der Waals surface area contributed by atoms with Crippen LogP contribution in [0.2, 0.25) is 5.02 Å². The van der Waals surface area contributed by atoms with E-state index in [0.29, 0.717) is 38.4 Å². The molecule has 0 amide bonds. The molecule has 1 N–H and O–H groups in total. The molecule has 0 saturated carbocycles. The maximum Gasteiger partial charge on any atom is 0.193 e. The first kappa shape index (κ1) is 15.9. The predicted molar refractivity (Wildman–Crippen MR) is 93.5 cm³/mol. The molecule has 1 heterocycles. The molecule has 0 spiro atoms. The van der Waals surface area contributed by atoms with E-state index in [9.17, 15) is 9.90 Å². The van der Waals surface area contributed by atoms with Crippen molar-refractivity contribution in [2.75, 3.05) is 6.61 Å². The first-order valence-corrected chi connectivity index (χ1v) is 8.06. The minimum absolute atomic E-state index is 0.0188. The number of rotatable bonds is 3. The summed E-state index contributed by atoms with van der Waals surface area (Å²) < 4.78 is 11.9. The van der Waals surface area contributed by atoms with Crippen molar-refractivity contribution >= 4 is 38.5 Å². The van der Waals surface area contributed by atoms with E-state index in [0.717, 1.165) is 0 Å². The molecule has 0 aliphatic carbocycles. The van der Waals surface area contributed by atoms with E-state index in [-0.39, 0.29) is 16.9 Å². The average Bonchev–Trinajstić information content (AvgIpc) is 2.52. The van der Waals surface area contributed by atoms with Crippen LogP contribution in [0, 0.1) is 0 Å². The molecule has 0 saturated heterocycles. The number of benzene rings is 2. The molecule has 0 atom stereocenters. The van der Waals surface area contributed by atoms with Gasteiger partial charge in [-0.25, -0.2) is 0 Å². The van der Waals surface area contributed by atoms with Gasteiger partial charge in [0.1, 0.15) is 17.3 Å². The SMILES string of the molecule is CCOc1cc(Br)c(O)cc1-c1cc(=O)c2cccc(Cl)c2o1. The summed E-state index contributed by atoms with van der Waals surface area (Å²) in [7, 11) is 0. The van der Waals surface area contributed by atoms with Crippen molar-refractivity contribution in [3.05, 3.63) is 56.1 Å². The first-order valence-electron chi connectivity index (χ1n) is 6.89. The highest BCUT2D eigenvalue weighted by molar-refractivity contribution is 9.10. The van der Waals surface area contributed by atoms with E-state index < -0.39 is 0 Å². The Kier molecular flexibility index (Phi) is 4.33. The van der Waals surface area contributed by atoms with E-state index in [1.54, 1.807) is 24.3 Å². The summed E-state index contributed by atoms with van der Waals surface area (Å²) in [4.78, 5) is 12.3. The number of ether oxygens (including phenoxy) is 1. The van der Waals surface area contributed by atoms with E-state index in [1.807, 2.05) is 6.92 Å². The normalized spacial score (nSPS) is 10.9. The maximum atomic E-state index is 12.3. The first-order chi connectivity index (χ1) is 11.0. The summed E-state index contributed by atoms with van der Waals surface area (Å²) in [6, 6.07) is 9.47. The number of fused-ring (bicyclic) bond motifs is 1. The van der Waals surface area contributed by atoms with Gasteiger partial charge in [-0.1, -0.05) is 17.7 Å². The minimum Gasteiger partial charge on any atom is -0.507 e. The van der Waals surface area contributed by atoms with Gasteiger partial charge in [-0.3, -0.25) is 4.79 Å². The Morgan fingerprint density at radius 2 is 2.09 bits per heavy atom. The summed E-state index contributed by atoms with van der Waals surface area (Å²) in [6.45, 7) is 2.28. The van der Waals surface area contributed by atoms with Gasteiger partial charge in [-0.15, -0.1) is 0 Å². The Balaban J connectivity index is 2.31. The molecule has 118 valence electrons. The second-order valence-electron chi connectivity index (χ2n) is 4.82. The smallest absolute Gasteiger partial charge is 0.193 e. The molecular formula is C17H12BrClO4. The lowest BCUT2D eigenvalue weighted by Crippen LogP contribution is -2.01. The highest BCUT2D eigenvalue weighted by Crippen LogP contribution is 2.39. The highest BCUT2D eigenvalue weighted by atomic mass is 79.9. The van der Waals surface area contributed by atoms with Crippen molar-refractivity contribution < 1.29 is 14.3 Å². The number of phenolic OH excluding ortho intramolecular Hbond substituents is 1. The summed E-state index contributed by atoms with van der Waals surface area (Å²) in [5, 5.41) is 10.7. The molecule has 3 aromatic rings. The molecule has 0 bridgehead atoms. The quantitative estimate of drug-likeness (QED) is 0.679. The van der Waals surface area contributed by atoms with Crippen molar-refractivity contribution in [1.29, 1.82) is 0 Å². The molecule has 0 aliphatic heterocycles. The zero-order valence-corrected chi connectivity index (χ0v) is 14.4. The second-order valence-corrected chi connectivity index (χ2v) is 6.09. The van der Waals surface area contributed by atoms with Crippen molar-refractivity contribution in [2.45, 2.75) is 6.92 Å². The number of phenols is 1. The summed E-state index contributed by atoms with van der Waals surface area (Å²) >= 11 is 9.37. The van der Waals surface area contributed by atoms with Crippen LogP contribution in [0.15, 0.2) is 50.1 Å². The topological polar surface area (TPSA) is 59.7 Å². The molecule has 0 aliphatic rings. The molecule has 2 aromatic carbocycles. The Morgan fingerprint density at radius 1 is 1.30 bits per heavy atom. The Labute approximate surface area is 145 Å². The fourth-order valence-electron chi connectivity index (χ4n) is 2.29. The van der Waals surface area contributed by atoms with Gasteiger partial charge in [-0.2, -0.15) is 0 Å². The van der Waals surface area contributed by atoms with Gasteiger partial charge in [0.15, 0.2) is 11.0 Å². The minimum atomic E-state index is -0.214. The van der Waals surface area contributed by atoms with Crippen molar-refractivity contribution in [3.63, 3.8) is 0 Å². The third kappa shape index (κ3) is 2.94. The van der Waals surface area contributed by atoms with Crippen molar-refractivity contribution in [2.24, 2.45) is 0 Å². The maximum absolute atomic E-state index is 12.3. The van der Waals surface area contributed by atoms with E-state index in [4.69, 9.17) is 20.8 Å². The number of hydrogen-bond donors (Lipinski definition) is 1. The monoisotopic (exact) mass is 394 g/mol. The molecule has 23 heavy (non-hydrogen) atoms. The second kappa shape index (κ2) is 6.26. The lowest BCUT2D eigenvalue weighted by atomic mass is 10.1. The van der Waals surface area contributed by atoms with Gasteiger partial charge in [0.25, 0.3) is 0 Å². The molecule has 6 heteroatoms. The van der Waals surface area contributed by atoms with Crippen LogP contribution >= 0.6 is 27.5 Å². The van der Waals surface area contributed by atoms with Gasteiger partial charge in [-0.05, 0) is 47.1 Å². The average molecular weight is 396 g/mol. The van der Waals surface area contributed by atoms with Gasteiger partial charge < -0.3 is 14.3 Å². The Morgan fingerprint density at radius 3 is 2.83 bits per heavy atom. The zero-order chi connectivity index (χ0) is 16.6. The van der Waals surface area contributed by atoms with Crippen LogP contribution in [0.4, 0.5) is 0 Å². The fourth-order valence-corrected chi connectivity index (χ4v) is 2.82. The van der Waals surface area contributed by atoms with Crippen molar-refractivity contribution in [3.8, 4) is 22.8 Å². The van der Waals surface area contributed by atoms with Gasteiger partial charge in [0, 0.05) is 6.07 Å². The van der Waals surface area contributed by atoms with E-state index >= 15 is 0 Å². The number of halogens is 2. The van der Waals surface area contributed by atoms with Crippen LogP contribution in [0.25, 0.3) is 22.3 Å². The summed E-state index contributed by atoms with van der Waals surface area (Å²) in [6.07, 6.45) is 0. The standard InChI is InChI=1S/C17H12BrClO4/c1-2-22-15-7-11(18)14(21)6-10(15)16-8-13(20)9-4-3-5-12(19)17(9)23-16/h3-8,21H,2H2,1H3. The molecule has 4 nitrogen and oxygen atoms in total. The molecule has 1 aromatic heterocycles. The van der Waals surface area contributed by atoms with Crippen LogP contribution in [-0.4, -0.2) is 11.7 Å². The van der Waals surface area contributed by atoms with Crippen LogP contribution in [0.1, 0.15) is 6.92 Å². The summed E-state index contributed by atoms with van der Waals surface area (Å²) in [5.41, 5.74) is 0.571.